The second-order valence-electron chi connectivity index (χ2n) is 2.17. The standard InChI is InChI=1S/C8H5N2O.W/c11-6-4-8-7(10-5-6)2-1-3-9-8;/h1-2,4-5,11H;/q-1;. The fourth-order valence-corrected chi connectivity index (χ4v) is 0.894. The minimum atomic E-state index is 0. The first-order valence-electron chi connectivity index (χ1n) is 3.18. The molecule has 0 aliphatic carbocycles. The van der Waals surface area contributed by atoms with Crippen molar-refractivity contribution in [1.82, 2.24) is 9.97 Å². The molecular weight excluding hydrogens is 324 g/mol. The van der Waals surface area contributed by atoms with Crippen molar-refractivity contribution in [2.24, 2.45) is 0 Å². The number of hydrogen-bond donors (Lipinski definition) is 1. The van der Waals surface area contributed by atoms with Crippen LogP contribution in [0.2, 0.25) is 0 Å². The van der Waals surface area contributed by atoms with E-state index < -0.39 is 0 Å². The Morgan fingerprint density at radius 3 is 3.00 bits per heavy atom. The molecule has 0 spiro atoms. The van der Waals surface area contributed by atoms with Crippen molar-refractivity contribution in [3.63, 3.8) is 0 Å². The van der Waals surface area contributed by atoms with Crippen LogP contribution in [-0.4, -0.2) is 15.1 Å². The first-order valence-corrected chi connectivity index (χ1v) is 3.18. The Bertz CT molecular complexity index is 391. The second kappa shape index (κ2) is 3.63. The zero-order valence-corrected chi connectivity index (χ0v) is 8.99. The molecule has 0 saturated heterocycles. The monoisotopic (exact) mass is 329 g/mol. The molecule has 0 bridgehead atoms. The zero-order chi connectivity index (χ0) is 7.68. The van der Waals surface area contributed by atoms with E-state index in [0.29, 0.717) is 5.52 Å². The normalized spacial score (nSPS) is 9.33. The van der Waals surface area contributed by atoms with Crippen molar-refractivity contribution in [1.29, 1.82) is 0 Å². The molecule has 12 heavy (non-hydrogen) atoms. The van der Waals surface area contributed by atoms with E-state index in [1.165, 1.54) is 6.20 Å². The Morgan fingerprint density at radius 1 is 1.33 bits per heavy atom. The van der Waals surface area contributed by atoms with E-state index in [4.69, 9.17) is 5.11 Å². The molecule has 0 fully saturated rings. The van der Waals surface area contributed by atoms with Crippen molar-refractivity contribution in [3.8, 4) is 5.75 Å². The molecule has 0 radical (unpaired) electrons. The molecule has 4 heteroatoms. The quantitative estimate of drug-likeness (QED) is 0.738. The minimum absolute atomic E-state index is 0. The van der Waals surface area contributed by atoms with Crippen LogP contribution >= 0.6 is 0 Å². The van der Waals surface area contributed by atoms with Crippen molar-refractivity contribution in [2.45, 2.75) is 0 Å². The zero-order valence-electron chi connectivity index (χ0n) is 6.06. The molecular formula is C8H5N2OW-. The summed E-state index contributed by atoms with van der Waals surface area (Å²) >= 11 is 0. The molecule has 0 aliphatic rings. The fourth-order valence-electron chi connectivity index (χ4n) is 0.894. The van der Waals surface area contributed by atoms with E-state index in [2.05, 4.69) is 16.2 Å². The molecule has 0 amide bonds. The number of pyridine rings is 2. The van der Waals surface area contributed by atoms with Gasteiger partial charge in [-0.15, -0.1) is 6.07 Å². The van der Waals surface area contributed by atoms with Gasteiger partial charge in [-0.1, -0.05) is 6.20 Å². The molecule has 2 heterocycles. The summed E-state index contributed by atoms with van der Waals surface area (Å²) in [4.78, 5) is 7.84. The van der Waals surface area contributed by atoms with Crippen LogP contribution in [0.3, 0.4) is 0 Å². The van der Waals surface area contributed by atoms with E-state index in [1.807, 2.05) is 0 Å². The number of rotatable bonds is 0. The van der Waals surface area contributed by atoms with E-state index in [-0.39, 0.29) is 26.8 Å². The molecule has 3 nitrogen and oxygen atoms in total. The van der Waals surface area contributed by atoms with Gasteiger partial charge >= 0.3 is 0 Å². The van der Waals surface area contributed by atoms with Crippen molar-refractivity contribution >= 4 is 11.0 Å². The Labute approximate surface area is 83.7 Å². The van der Waals surface area contributed by atoms with Gasteiger partial charge in [0.1, 0.15) is 5.75 Å². The molecule has 0 aliphatic heterocycles. The first-order chi connectivity index (χ1) is 5.36. The number of fused-ring (bicyclic) bond motifs is 1. The van der Waals surface area contributed by atoms with Crippen molar-refractivity contribution in [3.05, 3.63) is 30.6 Å². The summed E-state index contributed by atoms with van der Waals surface area (Å²) in [5, 5.41) is 9.01. The van der Waals surface area contributed by atoms with Crippen LogP contribution in [0.1, 0.15) is 0 Å². The molecule has 0 unspecified atom stereocenters. The summed E-state index contributed by atoms with van der Waals surface area (Å²) < 4.78 is 0. The number of aromatic hydroxyl groups is 1. The average molecular weight is 329 g/mol. The topological polar surface area (TPSA) is 46.0 Å². The SMILES string of the molecule is Oc1cnc2cc[c-]nc2c1.[W]. The summed E-state index contributed by atoms with van der Waals surface area (Å²) in [6, 6.07) is 5.03. The van der Waals surface area contributed by atoms with Gasteiger partial charge in [0.25, 0.3) is 0 Å². The van der Waals surface area contributed by atoms with Crippen LogP contribution in [0.5, 0.6) is 5.75 Å². The van der Waals surface area contributed by atoms with Crippen molar-refractivity contribution in [2.75, 3.05) is 0 Å². The van der Waals surface area contributed by atoms with Crippen LogP contribution in [0.15, 0.2) is 24.4 Å². The van der Waals surface area contributed by atoms with Crippen LogP contribution < -0.4 is 0 Å². The summed E-state index contributed by atoms with van der Waals surface area (Å²) in [5.74, 6) is 0.129. The predicted octanol–water partition coefficient (Wildman–Crippen LogP) is 1.13. The number of nitrogens with zero attached hydrogens (tertiary/aromatic N) is 2. The third-order valence-electron chi connectivity index (χ3n) is 1.38. The van der Waals surface area contributed by atoms with E-state index in [0.717, 1.165) is 5.52 Å². The smallest absolute Gasteiger partial charge is 0.123 e. The van der Waals surface area contributed by atoms with Crippen molar-refractivity contribution < 1.29 is 26.2 Å². The minimum Gasteiger partial charge on any atom is -0.507 e. The van der Waals surface area contributed by atoms with Gasteiger partial charge in [0.05, 0.1) is 6.20 Å². The van der Waals surface area contributed by atoms with Gasteiger partial charge in [-0.3, -0.25) is 4.98 Å². The van der Waals surface area contributed by atoms with Crippen LogP contribution in [0.25, 0.3) is 11.0 Å². The molecule has 0 aromatic carbocycles. The maximum absolute atomic E-state index is 9.01. The van der Waals surface area contributed by atoms with Gasteiger partial charge in [0.2, 0.25) is 0 Å². The van der Waals surface area contributed by atoms with Gasteiger partial charge < -0.3 is 10.1 Å². The molecule has 2 rings (SSSR count). The van der Waals surface area contributed by atoms with E-state index >= 15 is 0 Å². The Kier molecular flexibility index (Phi) is 2.77. The Balaban J connectivity index is 0.000000720. The molecule has 2 aromatic heterocycles. The third-order valence-corrected chi connectivity index (χ3v) is 1.38. The maximum Gasteiger partial charge on any atom is 0.123 e. The van der Waals surface area contributed by atoms with Crippen LogP contribution in [0, 0.1) is 6.20 Å². The van der Waals surface area contributed by atoms with Gasteiger partial charge in [0.15, 0.2) is 0 Å². The number of aromatic nitrogens is 2. The molecule has 60 valence electrons. The predicted molar refractivity (Wildman–Crippen MR) is 40.0 cm³/mol. The van der Waals surface area contributed by atoms with Crippen LogP contribution in [0.4, 0.5) is 0 Å². The third kappa shape index (κ3) is 1.62. The number of hydrogen-bond acceptors (Lipinski definition) is 3. The van der Waals surface area contributed by atoms with Gasteiger partial charge in [0, 0.05) is 21.1 Å². The average Bonchev–Trinajstić information content (AvgIpc) is 2.04. The first kappa shape index (κ1) is 9.14. The van der Waals surface area contributed by atoms with E-state index in [1.54, 1.807) is 18.2 Å². The largest absolute Gasteiger partial charge is 0.507 e. The van der Waals surface area contributed by atoms with E-state index in [9.17, 15) is 0 Å². The summed E-state index contributed by atoms with van der Waals surface area (Å²) in [5.41, 5.74) is 1.43. The summed E-state index contributed by atoms with van der Waals surface area (Å²) in [6.07, 6.45) is 4.05. The van der Waals surface area contributed by atoms with Gasteiger partial charge in [-0.05, 0) is 17.1 Å². The summed E-state index contributed by atoms with van der Waals surface area (Å²) in [6.45, 7) is 0. The molecule has 0 atom stereocenters. The molecule has 2 aromatic rings. The van der Waals surface area contributed by atoms with Gasteiger partial charge in [-0.25, -0.2) is 0 Å². The van der Waals surface area contributed by atoms with Gasteiger partial charge in [-0.2, -0.15) is 6.07 Å². The Hall–Kier alpha value is -0.952. The Morgan fingerprint density at radius 2 is 2.17 bits per heavy atom. The molecule has 1 N–H and O–H groups in total. The summed E-state index contributed by atoms with van der Waals surface area (Å²) in [7, 11) is 0. The maximum atomic E-state index is 9.01. The van der Waals surface area contributed by atoms with Crippen LogP contribution in [-0.2, 0) is 21.1 Å². The fraction of sp³-hybridized carbons (Fsp3) is 0. The second-order valence-corrected chi connectivity index (χ2v) is 2.17. The molecule has 0 saturated carbocycles.